The Morgan fingerprint density at radius 1 is 1.35 bits per heavy atom. The fourth-order valence-electron chi connectivity index (χ4n) is 2.68. The van der Waals surface area contributed by atoms with Gasteiger partial charge >= 0.3 is 12.0 Å². The van der Waals surface area contributed by atoms with Crippen LogP contribution in [0.15, 0.2) is 30.3 Å². The van der Waals surface area contributed by atoms with E-state index in [1.807, 2.05) is 6.07 Å². The monoisotopic (exact) mass is 276 g/mol. The van der Waals surface area contributed by atoms with Crippen molar-refractivity contribution >= 4 is 17.7 Å². The summed E-state index contributed by atoms with van der Waals surface area (Å²) in [6.45, 7) is 2.45. The van der Waals surface area contributed by atoms with E-state index in [0.717, 1.165) is 19.3 Å². The van der Waals surface area contributed by atoms with Crippen LogP contribution in [0.25, 0.3) is 0 Å². The van der Waals surface area contributed by atoms with E-state index in [1.54, 1.807) is 29.2 Å². The van der Waals surface area contributed by atoms with Crippen molar-refractivity contribution < 1.29 is 14.7 Å². The van der Waals surface area contributed by atoms with Crippen LogP contribution >= 0.6 is 0 Å². The number of carboxylic acid groups (broad SMARTS) is 1. The fourth-order valence-corrected chi connectivity index (χ4v) is 2.68. The van der Waals surface area contributed by atoms with Crippen molar-refractivity contribution in [2.45, 2.75) is 32.2 Å². The molecular weight excluding hydrogens is 256 g/mol. The summed E-state index contributed by atoms with van der Waals surface area (Å²) in [7, 11) is 0. The molecule has 1 heterocycles. The number of rotatable bonds is 4. The average molecular weight is 276 g/mol. The van der Waals surface area contributed by atoms with Crippen LogP contribution in [0.1, 0.15) is 26.2 Å². The molecule has 2 rings (SSSR count). The highest BCUT2D eigenvalue weighted by molar-refractivity contribution is 5.96. The van der Waals surface area contributed by atoms with Crippen molar-refractivity contribution in [2.24, 2.45) is 0 Å². The molecule has 1 N–H and O–H groups in total. The second-order valence-corrected chi connectivity index (χ2v) is 5.00. The number of anilines is 1. The zero-order chi connectivity index (χ0) is 14.5. The van der Waals surface area contributed by atoms with Gasteiger partial charge in [0.1, 0.15) is 6.54 Å². The molecule has 1 aromatic rings. The molecule has 1 saturated heterocycles. The largest absolute Gasteiger partial charge is 0.480 e. The summed E-state index contributed by atoms with van der Waals surface area (Å²) < 4.78 is 0. The molecule has 20 heavy (non-hydrogen) atoms. The molecule has 1 atom stereocenters. The van der Waals surface area contributed by atoms with Gasteiger partial charge in [-0.15, -0.1) is 0 Å². The van der Waals surface area contributed by atoms with Gasteiger partial charge in [-0.1, -0.05) is 25.1 Å². The molecule has 2 amide bonds. The lowest BCUT2D eigenvalue weighted by atomic mass is 10.2. The summed E-state index contributed by atoms with van der Waals surface area (Å²) in [5.74, 6) is -1.01. The van der Waals surface area contributed by atoms with Crippen LogP contribution in [0, 0.1) is 0 Å². The number of hydrogen-bond acceptors (Lipinski definition) is 2. The first-order valence-corrected chi connectivity index (χ1v) is 6.98. The zero-order valence-electron chi connectivity index (χ0n) is 11.7. The van der Waals surface area contributed by atoms with Crippen molar-refractivity contribution in [3.05, 3.63) is 30.3 Å². The molecule has 1 unspecified atom stereocenters. The Balaban J connectivity index is 2.22. The minimum absolute atomic E-state index is 0.206. The number of amides is 2. The first-order chi connectivity index (χ1) is 9.63. The van der Waals surface area contributed by atoms with Crippen molar-refractivity contribution in [3.63, 3.8) is 0 Å². The highest BCUT2D eigenvalue weighted by atomic mass is 16.4. The molecule has 0 aliphatic carbocycles. The number of aliphatic carboxylic acids is 1. The molecule has 0 radical (unpaired) electrons. The van der Waals surface area contributed by atoms with Crippen molar-refractivity contribution in [1.82, 2.24) is 4.90 Å². The van der Waals surface area contributed by atoms with E-state index in [4.69, 9.17) is 5.11 Å². The van der Waals surface area contributed by atoms with Gasteiger partial charge < -0.3 is 10.0 Å². The number of benzene rings is 1. The van der Waals surface area contributed by atoms with E-state index >= 15 is 0 Å². The Labute approximate surface area is 118 Å². The van der Waals surface area contributed by atoms with Gasteiger partial charge in [0.15, 0.2) is 0 Å². The van der Waals surface area contributed by atoms with Crippen LogP contribution in [0.2, 0.25) is 0 Å². The van der Waals surface area contributed by atoms with Gasteiger partial charge in [-0.3, -0.25) is 9.69 Å². The second kappa shape index (κ2) is 6.41. The Kier molecular flexibility index (Phi) is 4.61. The maximum Gasteiger partial charge on any atom is 0.325 e. The van der Waals surface area contributed by atoms with E-state index in [-0.39, 0.29) is 18.6 Å². The highest BCUT2D eigenvalue weighted by Gasteiger charge is 2.32. The molecule has 1 aliphatic rings. The average Bonchev–Trinajstić information content (AvgIpc) is 2.93. The standard InChI is InChI=1S/C15H20N2O3/c1-2-12-9-6-10-16(12)15(20)17(11-14(18)19)13-7-4-3-5-8-13/h3-5,7-8,12H,2,6,9-11H2,1H3,(H,18,19). The maximum atomic E-state index is 12.6. The van der Waals surface area contributed by atoms with E-state index in [1.165, 1.54) is 4.90 Å². The van der Waals surface area contributed by atoms with Gasteiger partial charge in [-0.05, 0) is 31.4 Å². The smallest absolute Gasteiger partial charge is 0.325 e. The lowest BCUT2D eigenvalue weighted by molar-refractivity contribution is -0.135. The number of likely N-dealkylation sites (tertiary alicyclic amines) is 1. The Morgan fingerprint density at radius 3 is 2.65 bits per heavy atom. The number of urea groups is 1. The van der Waals surface area contributed by atoms with E-state index < -0.39 is 5.97 Å². The number of nitrogens with zero attached hydrogens (tertiary/aromatic N) is 2. The Morgan fingerprint density at radius 2 is 2.05 bits per heavy atom. The van der Waals surface area contributed by atoms with E-state index in [2.05, 4.69) is 6.92 Å². The van der Waals surface area contributed by atoms with Crippen molar-refractivity contribution in [3.8, 4) is 0 Å². The molecule has 1 fully saturated rings. The minimum Gasteiger partial charge on any atom is -0.480 e. The van der Waals surface area contributed by atoms with Crippen molar-refractivity contribution in [1.29, 1.82) is 0 Å². The quantitative estimate of drug-likeness (QED) is 0.919. The summed E-state index contributed by atoms with van der Waals surface area (Å²) in [5.41, 5.74) is 0.627. The minimum atomic E-state index is -1.01. The lowest BCUT2D eigenvalue weighted by Gasteiger charge is -2.30. The molecular formula is C15H20N2O3. The Bertz CT molecular complexity index is 475. The molecule has 0 bridgehead atoms. The molecule has 0 spiro atoms. The summed E-state index contributed by atoms with van der Waals surface area (Å²) in [5, 5.41) is 9.05. The van der Waals surface area contributed by atoms with Gasteiger partial charge in [0.25, 0.3) is 0 Å². The molecule has 108 valence electrons. The summed E-state index contributed by atoms with van der Waals surface area (Å²) in [6.07, 6.45) is 2.89. The van der Waals surface area contributed by atoms with Crippen LogP contribution in [-0.4, -0.2) is 41.1 Å². The number of hydrogen-bond donors (Lipinski definition) is 1. The number of carbonyl (C=O) groups is 2. The SMILES string of the molecule is CCC1CCCN1C(=O)N(CC(=O)O)c1ccccc1. The number of para-hydroxylation sites is 1. The van der Waals surface area contributed by atoms with Gasteiger partial charge in [0.2, 0.25) is 0 Å². The maximum absolute atomic E-state index is 12.6. The molecule has 5 nitrogen and oxygen atoms in total. The first kappa shape index (κ1) is 14.4. The van der Waals surface area contributed by atoms with Gasteiger partial charge in [0, 0.05) is 18.3 Å². The van der Waals surface area contributed by atoms with Crippen LogP contribution in [-0.2, 0) is 4.79 Å². The summed E-state index contributed by atoms with van der Waals surface area (Å²) in [6, 6.07) is 9.00. The fraction of sp³-hybridized carbons (Fsp3) is 0.467. The predicted molar refractivity (Wildman–Crippen MR) is 76.8 cm³/mol. The third-order valence-corrected chi connectivity index (χ3v) is 3.69. The third-order valence-electron chi connectivity index (χ3n) is 3.69. The predicted octanol–water partition coefficient (Wildman–Crippen LogP) is 2.57. The molecule has 1 aliphatic heterocycles. The third kappa shape index (κ3) is 3.10. The molecule has 5 heteroatoms. The summed E-state index contributed by atoms with van der Waals surface area (Å²) in [4.78, 5) is 26.8. The van der Waals surface area contributed by atoms with Crippen LogP contribution in [0.5, 0.6) is 0 Å². The second-order valence-electron chi connectivity index (χ2n) is 5.00. The van der Waals surface area contributed by atoms with E-state index in [0.29, 0.717) is 12.2 Å². The molecule has 0 saturated carbocycles. The lowest BCUT2D eigenvalue weighted by Crippen LogP contribution is -2.47. The number of carboxylic acids is 1. The van der Waals surface area contributed by atoms with Crippen LogP contribution in [0.3, 0.4) is 0 Å². The van der Waals surface area contributed by atoms with Crippen LogP contribution in [0.4, 0.5) is 10.5 Å². The zero-order valence-corrected chi connectivity index (χ0v) is 11.7. The first-order valence-electron chi connectivity index (χ1n) is 6.98. The topological polar surface area (TPSA) is 60.9 Å². The summed E-state index contributed by atoms with van der Waals surface area (Å²) >= 11 is 0. The molecule has 1 aromatic carbocycles. The normalized spacial score (nSPS) is 18.1. The number of carbonyl (C=O) groups excluding carboxylic acids is 1. The van der Waals surface area contributed by atoms with Crippen molar-refractivity contribution in [2.75, 3.05) is 18.0 Å². The van der Waals surface area contributed by atoms with Crippen LogP contribution < -0.4 is 4.90 Å². The van der Waals surface area contributed by atoms with Gasteiger partial charge in [-0.25, -0.2) is 4.79 Å². The highest BCUT2D eigenvalue weighted by Crippen LogP contribution is 2.24. The molecule has 0 aromatic heterocycles. The Hall–Kier alpha value is -2.04. The van der Waals surface area contributed by atoms with Gasteiger partial charge in [-0.2, -0.15) is 0 Å². The van der Waals surface area contributed by atoms with Gasteiger partial charge in [0.05, 0.1) is 0 Å². The van der Waals surface area contributed by atoms with E-state index in [9.17, 15) is 9.59 Å².